The van der Waals surface area contributed by atoms with Crippen molar-refractivity contribution in [1.82, 2.24) is 19.4 Å². The number of aromatic nitrogens is 2. The van der Waals surface area contributed by atoms with Crippen LogP contribution in [0.3, 0.4) is 0 Å². The smallest absolute Gasteiger partial charge is 0.276 e. The lowest BCUT2D eigenvalue weighted by Crippen LogP contribution is -2.47. The summed E-state index contributed by atoms with van der Waals surface area (Å²) in [5, 5.41) is 3.00. The molecule has 3 heterocycles. The molecule has 0 unspecified atom stereocenters. The van der Waals surface area contributed by atoms with Gasteiger partial charge in [0, 0.05) is 43.9 Å². The van der Waals surface area contributed by atoms with Gasteiger partial charge in [-0.05, 0) is 44.5 Å². The van der Waals surface area contributed by atoms with Crippen LogP contribution in [0.1, 0.15) is 45.8 Å². The van der Waals surface area contributed by atoms with E-state index in [-0.39, 0.29) is 11.8 Å². The van der Waals surface area contributed by atoms with E-state index in [0.717, 1.165) is 62.4 Å². The number of hydrogen-bond acceptors (Lipinski definition) is 5. The van der Waals surface area contributed by atoms with Crippen molar-refractivity contribution >= 4 is 17.5 Å². The van der Waals surface area contributed by atoms with Gasteiger partial charge in [-0.25, -0.2) is 4.98 Å². The number of nitrogens with zero attached hydrogens (tertiary/aromatic N) is 4. The highest BCUT2D eigenvalue weighted by molar-refractivity contribution is 6.06. The van der Waals surface area contributed by atoms with Crippen molar-refractivity contribution in [2.24, 2.45) is 0 Å². The first-order valence-corrected chi connectivity index (χ1v) is 12.7. The topological polar surface area (TPSA) is 79.7 Å². The maximum atomic E-state index is 13.6. The lowest BCUT2D eigenvalue weighted by Gasteiger charge is -2.32. The highest BCUT2D eigenvalue weighted by atomic mass is 16.5. The predicted molar refractivity (Wildman–Crippen MR) is 140 cm³/mol. The standard InChI is InChI=1S/C28H33N5O3/c1-31-15-17-32(18-16-31)28(35)21-12-13-24(36-2)22(19-21)29-27(34)25-23-11-7-4-8-14-33(23)26(30-25)20-9-5-3-6-10-20/h3,5-6,9-10,12-13,19H,4,7-8,11,14-18H2,1-2H3,(H,29,34). The first-order valence-electron chi connectivity index (χ1n) is 12.7. The van der Waals surface area contributed by atoms with Gasteiger partial charge in [-0.1, -0.05) is 36.8 Å². The van der Waals surface area contributed by atoms with E-state index < -0.39 is 0 Å². The zero-order chi connectivity index (χ0) is 25.1. The third kappa shape index (κ3) is 4.86. The zero-order valence-electron chi connectivity index (χ0n) is 21.0. The van der Waals surface area contributed by atoms with Crippen molar-refractivity contribution in [3.63, 3.8) is 0 Å². The number of carbonyl (C=O) groups excluding carboxylic acids is 2. The molecule has 0 bridgehead atoms. The molecule has 1 N–H and O–H groups in total. The Morgan fingerprint density at radius 2 is 1.72 bits per heavy atom. The summed E-state index contributed by atoms with van der Waals surface area (Å²) in [5.41, 5.74) is 3.40. The summed E-state index contributed by atoms with van der Waals surface area (Å²) in [6.07, 6.45) is 4.02. The van der Waals surface area contributed by atoms with Crippen molar-refractivity contribution in [1.29, 1.82) is 0 Å². The summed E-state index contributed by atoms with van der Waals surface area (Å²) in [7, 11) is 3.62. The molecule has 0 spiro atoms. The summed E-state index contributed by atoms with van der Waals surface area (Å²) in [6.45, 7) is 3.91. The molecule has 2 aliphatic heterocycles. The van der Waals surface area contributed by atoms with Crippen molar-refractivity contribution in [3.8, 4) is 17.1 Å². The molecule has 0 aliphatic carbocycles. The van der Waals surface area contributed by atoms with Crippen LogP contribution in [0.5, 0.6) is 5.75 Å². The van der Waals surface area contributed by atoms with Crippen LogP contribution in [0.25, 0.3) is 11.4 Å². The molecule has 2 amide bonds. The number of fused-ring (bicyclic) bond motifs is 1. The SMILES string of the molecule is COc1ccc(C(=O)N2CCN(C)CC2)cc1NC(=O)c1nc(-c2ccccc2)n2c1CCCCC2. The number of methoxy groups -OCH3 is 1. The van der Waals surface area contributed by atoms with Gasteiger partial charge in [0.1, 0.15) is 17.3 Å². The number of nitrogens with one attached hydrogen (secondary N) is 1. The van der Waals surface area contributed by atoms with Gasteiger partial charge in [0.05, 0.1) is 18.5 Å². The van der Waals surface area contributed by atoms with Crippen LogP contribution >= 0.6 is 0 Å². The van der Waals surface area contributed by atoms with Gasteiger partial charge >= 0.3 is 0 Å². The second kappa shape index (κ2) is 10.5. The number of imidazole rings is 1. The molecular weight excluding hydrogens is 454 g/mol. The van der Waals surface area contributed by atoms with Crippen molar-refractivity contribution < 1.29 is 14.3 Å². The Labute approximate surface area is 211 Å². The molecule has 188 valence electrons. The second-order valence-corrected chi connectivity index (χ2v) is 9.52. The molecule has 0 saturated carbocycles. The Morgan fingerprint density at radius 3 is 2.47 bits per heavy atom. The quantitative estimate of drug-likeness (QED) is 0.590. The second-order valence-electron chi connectivity index (χ2n) is 9.52. The fourth-order valence-corrected chi connectivity index (χ4v) is 5.02. The first kappa shape index (κ1) is 24.1. The molecule has 3 aromatic rings. The van der Waals surface area contributed by atoms with Crippen LogP contribution in [0.4, 0.5) is 5.69 Å². The normalized spacial score (nSPS) is 16.2. The number of hydrogen-bond donors (Lipinski definition) is 1. The Hall–Kier alpha value is -3.65. The van der Waals surface area contributed by atoms with Crippen LogP contribution in [-0.4, -0.2) is 71.5 Å². The van der Waals surface area contributed by atoms with Gasteiger partial charge in [0.15, 0.2) is 0 Å². The molecule has 1 fully saturated rings. The van der Waals surface area contributed by atoms with Crippen molar-refractivity contribution in [3.05, 3.63) is 65.5 Å². The van der Waals surface area contributed by atoms with E-state index in [1.165, 1.54) is 0 Å². The van der Waals surface area contributed by atoms with E-state index in [2.05, 4.69) is 21.8 Å². The number of amides is 2. The van der Waals surface area contributed by atoms with E-state index in [4.69, 9.17) is 9.72 Å². The fourth-order valence-electron chi connectivity index (χ4n) is 5.02. The van der Waals surface area contributed by atoms with Crippen LogP contribution < -0.4 is 10.1 Å². The van der Waals surface area contributed by atoms with Gasteiger partial charge < -0.3 is 24.4 Å². The van der Waals surface area contributed by atoms with E-state index in [9.17, 15) is 9.59 Å². The predicted octanol–water partition coefficient (Wildman–Crippen LogP) is 3.93. The molecule has 0 atom stereocenters. The minimum absolute atomic E-state index is 0.0384. The number of rotatable bonds is 5. The molecule has 5 rings (SSSR count). The molecule has 1 aromatic heterocycles. The van der Waals surface area contributed by atoms with E-state index >= 15 is 0 Å². The van der Waals surface area contributed by atoms with Gasteiger partial charge in [-0.2, -0.15) is 0 Å². The third-order valence-electron chi connectivity index (χ3n) is 7.10. The van der Waals surface area contributed by atoms with Crippen LogP contribution in [0.15, 0.2) is 48.5 Å². The summed E-state index contributed by atoms with van der Waals surface area (Å²) in [6, 6.07) is 15.2. The highest BCUT2D eigenvalue weighted by Crippen LogP contribution is 2.30. The molecule has 1 saturated heterocycles. The molecule has 0 radical (unpaired) electrons. The van der Waals surface area contributed by atoms with Crippen LogP contribution in [0, 0.1) is 0 Å². The maximum Gasteiger partial charge on any atom is 0.276 e. The number of likely N-dealkylation sites (N-methyl/N-ethyl adjacent to an activating group) is 1. The Balaban J connectivity index is 1.45. The monoisotopic (exact) mass is 487 g/mol. The Bertz CT molecular complexity index is 1250. The minimum atomic E-state index is -0.287. The maximum absolute atomic E-state index is 13.6. The van der Waals surface area contributed by atoms with Gasteiger partial charge in [0.2, 0.25) is 0 Å². The molecule has 8 heteroatoms. The molecule has 8 nitrogen and oxygen atoms in total. The number of benzene rings is 2. The number of carbonyl (C=O) groups is 2. The molecule has 36 heavy (non-hydrogen) atoms. The largest absolute Gasteiger partial charge is 0.495 e. The molecule has 2 aromatic carbocycles. The number of anilines is 1. The zero-order valence-corrected chi connectivity index (χ0v) is 21.0. The average molecular weight is 488 g/mol. The average Bonchev–Trinajstić information content (AvgIpc) is 3.10. The first-order chi connectivity index (χ1) is 17.5. The van der Waals surface area contributed by atoms with Crippen LogP contribution in [0.2, 0.25) is 0 Å². The lowest BCUT2D eigenvalue weighted by molar-refractivity contribution is 0.0664. The third-order valence-corrected chi connectivity index (χ3v) is 7.10. The summed E-state index contributed by atoms with van der Waals surface area (Å²) < 4.78 is 7.71. The van der Waals surface area contributed by atoms with E-state index in [1.54, 1.807) is 25.3 Å². The molecular formula is C28H33N5O3. The summed E-state index contributed by atoms with van der Waals surface area (Å²) in [5.74, 6) is 1.00. The Morgan fingerprint density at radius 1 is 0.944 bits per heavy atom. The Kier molecular flexibility index (Phi) is 7.04. The van der Waals surface area contributed by atoms with Gasteiger partial charge in [-0.15, -0.1) is 0 Å². The van der Waals surface area contributed by atoms with Gasteiger partial charge in [-0.3, -0.25) is 9.59 Å². The lowest BCUT2D eigenvalue weighted by atomic mass is 10.1. The number of ether oxygens (including phenoxy) is 1. The van der Waals surface area contributed by atoms with E-state index in [0.29, 0.717) is 35.8 Å². The summed E-state index contributed by atoms with van der Waals surface area (Å²) >= 11 is 0. The molecule has 2 aliphatic rings. The van der Waals surface area contributed by atoms with Crippen molar-refractivity contribution in [2.75, 3.05) is 45.7 Å². The number of piperazine rings is 1. The highest BCUT2D eigenvalue weighted by Gasteiger charge is 2.26. The van der Waals surface area contributed by atoms with E-state index in [1.807, 2.05) is 35.2 Å². The minimum Gasteiger partial charge on any atom is -0.495 e. The van der Waals surface area contributed by atoms with Gasteiger partial charge in [0.25, 0.3) is 11.8 Å². The fraction of sp³-hybridized carbons (Fsp3) is 0.393. The summed E-state index contributed by atoms with van der Waals surface area (Å²) in [4.78, 5) is 35.6. The van der Waals surface area contributed by atoms with Crippen LogP contribution in [-0.2, 0) is 13.0 Å². The van der Waals surface area contributed by atoms with Crippen molar-refractivity contribution in [2.45, 2.75) is 32.2 Å².